The lowest BCUT2D eigenvalue weighted by atomic mass is 9.99. The molecule has 2 saturated heterocycles. The maximum absolute atomic E-state index is 12.6. The second kappa shape index (κ2) is 10.5. The quantitative estimate of drug-likeness (QED) is 0.532. The molecule has 2 fully saturated rings. The molecule has 2 aliphatic rings. The molecular weight excluding hydrogens is 428 g/mol. The van der Waals surface area contributed by atoms with Crippen LogP contribution in [0.1, 0.15) is 11.1 Å². The lowest BCUT2D eigenvalue weighted by molar-refractivity contribution is 0.0662. The second-order valence-corrected chi connectivity index (χ2v) is 8.53. The molecular formula is C28H28N2O4. The minimum Gasteiger partial charge on any atom is -0.489 e. The number of hydrogen-bond acceptors (Lipinski definition) is 4. The molecule has 0 saturated carbocycles. The first-order valence-electron chi connectivity index (χ1n) is 11.6. The Morgan fingerprint density at radius 1 is 0.882 bits per heavy atom. The molecule has 34 heavy (non-hydrogen) atoms. The van der Waals surface area contributed by atoms with Crippen molar-refractivity contribution in [2.75, 3.05) is 18.5 Å². The van der Waals surface area contributed by atoms with E-state index in [2.05, 4.69) is 34.9 Å². The van der Waals surface area contributed by atoms with Crippen LogP contribution in [-0.4, -0.2) is 37.5 Å². The van der Waals surface area contributed by atoms with Crippen LogP contribution in [-0.2, 0) is 16.1 Å². The summed E-state index contributed by atoms with van der Waals surface area (Å²) >= 11 is 0. The van der Waals surface area contributed by atoms with Gasteiger partial charge >= 0.3 is 6.03 Å². The topological polar surface area (TPSA) is 68.8 Å². The van der Waals surface area contributed by atoms with Gasteiger partial charge in [-0.05, 0) is 35.4 Å². The molecule has 2 unspecified atom stereocenters. The van der Waals surface area contributed by atoms with Gasteiger partial charge in [0.05, 0.1) is 25.4 Å². The standard InChI is InChI=1S/C28H28N2O4/c31-28(29-23-13-15-24(16-14-23)32-17-21-9-5-2-6-10-21)30-25-19-34-26-22(18-33-27(25)26)12-11-20-7-3-1-4-8-20/h1-16,22,25-27H,17-19H2,(H2,29,30,31)/b12-11-/t22-,25+,26?,27?/m1/s1. The summed E-state index contributed by atoms with van der Waals surface area (Å²) in [5.41, 5.74) is 2.94. The molecule has 6 heteroatoms. The average Bonchev–Trinajstić information content (AvgIpc) is 3.46. The average molecular weight is 457 g/mol. The van der Waals surface area contributed by atoms with Crippen LogP contribution < -0.4 is 15.4 Å². The fraction of sp³-hybridized carbons (Fsp3) is 0.250. The van der Waals surface area contributed by atoms with Crippen LogP contribution in [0.2, 0.25) is 0 Å². The summed E-state index contributed by atoms with van der Waals surface area (Å²) in [6.07, 6.45) is 4.04. The number of rotatable bonds is 7. The van der Waals surface area contributed by atoms with Crippen molar-refractivity contribution < 1.29 is 19.0 Å². The van der Waals surface area contributed by atoms with Crippen molar-refractivity contribution >= 4 is 17.8 Å². The highest BCUT2D eigenvalue weighted by Gasteiger charge is 2.47. The van der Waals surface area contributed by atoms with E-state index in [4.69, 9.17) is 14.2 Å². The number of hydrogen-bond donors (Lipinski definition) is 2. The van der Waals surface area contributed by atoms with Crippen LogP contribution >= 0.6 is 0 Å². The number of carbonyl (C=O) groups is 1. The monoisotopic (exact) mass is 456 g/mol. The van der Waals surface area contributed by atoms with Gasteiger partial charge in [0, 0.05) is 11.6 Å². The molecule has 3 aromatic carbocycles. The Labute approximate surface area is 199 Å². The fourth-order valence-electron chi connectivity index (χ4n) is 4.33. The molecule has 0 radical (unpaired) electrons. The number of amides is 2. The van der Waals surface area contributed by atoms with Gasteiger partial charge in [-0.15, -0.1) is 0 Å². The lowest BCUT2D eigenvalue weighted by Gasteiger charge is -2.18. The maximum atomic E-state index is 12.6. The van der Waals surface area contributed by atoms with Crippen molar-refractivity contribution in [2.24, 2.45) is 5.92 Å². The number of nitrogens with one attached hydrogen (secondary N) is 2. The fourth-order valence-corrected chi connectivity index (χ4v) is 4.33. The predicted molar refractivity (Wildman–Crippen MR) is 132 cm³/mol. The van der Waals surface area contributed by atoms with E-state index >= 15 is 0 Å². The van der Waals surface area contributed by atoms with E-state index in [9.17, 15) is 4.79 Å². The first-order valence-corrected chi connectivity index (χ1v) is 11.6. The summed E-state index contributed by atoms with van der Waals surface area (Å²) in [6, 6.07) is 27.0. The first kappa shape index (κ1) is 22.2. The SMILES string of the molecule is O=C(Nc1ccc(OCc2ccccc2)cc1)N[C@H]1COC2C1OC[C@H]2/C=C\c1ccccc1. The third-order valence-electron chi connectivity index (χ3n) is 6.10. The van der Waals surface area contributed by atoms with E-state index in [1.165, 1.54) is 0 Å². The zero-order valence-corrected chi connectivity index (χ0v) is 18.8. The normalized spacial score (nSPS) is 23.5. The van der Waals surface area contributed by atoms with Crippen LogP contribution in [0.4, 0.5) is 10.5 Å². The molecule has 174 valence electrons. The molecule has 0 bridgehead atoms. The number of ether oxygens (including phenoxy) is 3. The third kappa shape index (κ3) is 5.47. The Morgan fingerprint density at radius 2 is 1.59 bits per heavy atom. The lowest BCUT2D eigenvalue weighted by Crippen LogP contribution is -2.45. The molecule has 0 aromatic heterocycles. The Hall–Kier alpha value is -3.61. The summed E-state index contributed by atoms with van der Waals surface area (Å²) in [5.74, 6) is 0.916. The third-order valence-corrected chi connectivity index (χ3v) is 6.10. The number of fused-ring (bicyclic) bond motifs is 1. The summed E-state index contributed by atoms with van der Waals surface area (Å²) < 4.78 is 17.8. The Kier molecular flexibility index (Phi) is 6.89. The van der Waals surface area contributed by atoms with E-state index in [-0.39, 0.29) is 30.2 Å². The van der Waals surface area contributed by atoms with E-state index in [1.54, 1.807) is 0 Å². The molecule has 2 N–H and O–H groups in total. The maximum Gasteiger partial charge on any atom is 0.319 e. The van der Waals surface area contributed by atoms with Gasteiger partial charge in [0.15, 0.2) is 0 Å². The molecule has 2 aliphatic heterocycles. The van der Waals surface area contributed by atoms with Crippen molar-refractivity contribution in [3.8, 4) is 5.75 Å². The zero-order chi connectivity index (χ0) is 23.2. The van der Waals surface area contributed by atoms with Gasteiger partial charge in [-0.2, -0.15) is 0 Å². The molecule has 2 amide bonds. The number of benzene rings is 3. The molecule has 6 nitrogen and oxygen atoms in total. The minimum atomic E-state index is -0.279. The summed E-state index contributed by atoms with van der Waals surface area (Å²) in [7, 11) is 0. The predicted octanol–water partition coefficient (Wildman–Crippen LogP) is 4.88. The minimum absolute atomic E-state index is 0.0497. The Bertz CT molecular complexity index is 1100. The number of carbonyl (C=O) groups excluding carboxylic acids is 1. The summed E-state index contributed by atoms with van der Waals surface area (Å²) in [4.78, 5) is 12.6. The van der Waals surface area contributed by atoms with Gasteiger partial charge in [-0.25, -0.2) is 4.79 Å². The van der Waals surface area contributed by atoms with Gasteiger partial charge in [-0.3, -0.25) is 0 Å². The molecule has 5 rings (SSSR count). The number of anilines is 1. The molecule has 3 aromatic rings. The van der Waals surface area contributed by atoms with Crippen LogP contribution in [0, 0.1) is 5.92 Å². The highest BCUT2D eigenvalue weighted by atomic mass is 16.6. The van der Waals surface area contributed by atoms with Crippen LogP contribution in [0.25, 0.3) is 6.08 Å². The van der Waals surface area contributed by atoms with Gasteiger partial charge < -0.3 is 24.8 Å². The van der Waals surface area contributed by atoms with E-state index in [0.29, 0.717) is 25.5 Å². The Morgan fingerprint density at radius 3 is 2.35 bits per heavy atom. The van der Waals surface area contributed by atoms with Crippen molar-refractivity contribution in [1.82, 2.24) is 5.32 Å². The van der Waals surface area contributed by atoms with Gasteiger partial charge in [0.1, 0.15) is 18.5 Å². The number of urea groups is 1. The van der Waals surface area contributed by atoms with Gasteiger partial charge in [-0.1, -0.05) is 72.8 Å². The molecule has 0 spiro atoms. The van der Waals surface area contributed by atoms with E-state index in [1.807, 2.05) is 72.8 Å². The van der Waals surface area contributed by atoms with Crippen LogP contribution in [0.5, 0.6) is 5.75 Å². The van der Waals surface area contributed by atoms with Crippen molar-refractivity contribution in [2.45, 2.75) is 24.9 Å². The van der Waals surface area contributed by atoms with Gasteiger partial charge in [0.25, 0.3) is 0 Å². The highest BCUT2D eigenvalue weighted by Crippen LogP contribution is 2.32. The van der Waals surface area contributed by atoms with Crippen molar-refractivity contribution in [3.63, 3.8) is 0 Å². The zero-order valence-electron chi connectivity index (χ0n) is 18.8. The van der Waals surface area contributed by atoms with Crippen LogP contribution in [0.3, 0.4) is 0 Å². The Balaban J connectivity index is 1.10. The van der Waals surface area contributed by atoms with E-state index in [0.717, 1.165) is 16.9 Å². The molecule has 2 heterocycles. The first-order chi connectivity index (χ1) is 16.7. The van der Waals surface area contributed by atoms with Crippen molar-refractivity contribution in [3.05, 3.63) is 102 Å². The summed E-state index contributed by atoms with van der Waals surface area (Å²) in [6.45, 7) is 1.52. The molecule has 4 atom stereocenters. The highest BCUT2D eigenvalue weighted by molar-refractivity contribution is 5.89. The molecule has 0 aliphatic carbocycles. The van der Waals surface area contributed by atoms with Gasteiger partial charge in [0.2, 0.25) is 0 Å². The van der Waals surface area contributed by atoms with E-state index < -0.39 is 0 Å². The largest absolute Gasteiger partial charge is 0.489 e. The summed E-state index contributed by atoms with van der Waals surface area (Å²) in [5, 5.41) is 5.88. The van der Waals surface area contributed by atoms with Crippen molar-refractivity contribution in [1.29, 1.82) is 0 Å². The van der Waals surface area contributed by atoms with Crippen LogP contribution in [0.15, 0.2) is 91.0 Å². The second-order valence-electron chi connectivity index (χ2n) is 8.53. The smallest absolute Gasteiger partial charge is 0.319 e.